The number of carbonyl (C=O) groups excluding carboxylic acids is 1. The average Bonchev–Trinajstić information content (AvgIpc) is 3.08. The van der Waals surface area contributed by atoms with Gasteiger partial charge < -0.3 is 5.32 Å². The Morgan fingerprint density at radius 1 is 1.32 bits per heavy atom. The molecule has 0 bridgehead atoms. The Balaban J connectivity index is 1.58. The van der Waals surface area contributed by atoms with E-state index < -0.39 is 0 Å². The van der Waals surface area contributed by atoms with Crippen molar-refractivity contribution in [1.82, 2.24) is 15.2 Å². The lowest BCUT2D eigenvalue weighted by Crippen LogP contribution is -2.41. The molecule has 116 valence electrons. The van der Waals surface area contributed by atoms with Gasteiger partial charge in [-0.25, -0.2) is 0 Å². The van der Waals surface area contributed by atoms with Crippen molar-refractivity contribution in [3.63, 3.8) is 0 Å². The van der Waals surface area contributed by atoms with Gasteiger partial charge in [0.2, 0.25) is 5.91 Å². The molecule has 0 spiro atoms. The Morgan fingerprint density at radius 3 is 3.05 bits per heavy atom. The number of rotatable bonds is 5. The summed E-state index contributed by atoms with van der Waals surface area (Å²) in [6.07, 6.45) is 5.27. The predicted molar refractivity (Wildman–Crippen MR) is 88.6 cm³/mol. The lowest BCUT2D eigenvalue weighted by molar-refractivity contribution is -0.123. The van der Waals surface area contributed by atoms with Crippen LogP contribution >= 0.6 is 11.3 Å². The highest BCUT2D eigenvalue weighted by molar-refractivity contribution is 7.09. The zero-order valence-corrected chi connectivity index (χ0v) is 13.4. The normalized spacial score (nSPS) is 19.0. The zero-order valence-electron chi connectivity index (χ0n) is 12.6. The van der Waals surface area contributed by atoms with Crippen LogP contribution < -0.4 is 5.32 Å². The van der Waals surface area contributed by atoms with Crippen LogP contribution in [-0.2, 0) is 11.3 Å². The fourth-order valence-corrected chi connectivity index (χ4v) is 3.57. The summed E-state index contributed by atoms with van der Waals surface area (Å²) in [6.45, 7) is 2.04. The van der Waals surface area contributed by atoms with Crippen LogP contribution in [-0.4, -0.2) is 28.9 Å². The fraction of sp³-hybridized carbons (Fsp3) is 0.412. The van der Waals surface area contributed by atoms with Gasteiger partial charge in [-0.3, -0.25) is 14.7 Å². The summed E-state index contributed by atoms with van der Waals surface area (Å²) in [6, 6.07) is 10.3. The van der Waals surface area contributed by atoms with Gasteiger partial charge in [-0.15, -0.1) is 11.3 Å². The van der Waals surface area contributed by atoms with Crippen molar-refractivity contribution < 1.29 is 4.79 Å². The number of pyridine rings is 1. The number of nitrogens with zero attached hydrogens (tertiary/aromatic N) is 2. The summed E-state index contributed by atoms with van der Waals surface area (Å²) in [5.41, 5.74) is 1.08. The monoisotopic (exact) mass is 315 g/mol. The van der Waals surface area contributed by atoms with Crippen molar-refractivity contribution in [2.75, 3.05) is 13.1 Å². The third-order valence-electron chi connectivity index (χ3n) is 4.03. The molecule has 1 aliphatic heterocycles. The molecule has 0 saturated carbocycles. The molecular formula is C17H21N3OS. The molecule has 3 heterocycles. The highest BCUT2D eigenvalue weighted by atomic mass is 32.1. The van der Waals surface area contributed by atoms with Crippen molar-refractivity contribution in [3.05, 3.63) is 52.5 Å². The summed E-state index contributed by atoms with van der Waals surface area (Å²) in [5, 5.41) is 5.04. The third kappa shape index (κ3) is 3.93. The molecule has 1 saturated heterocycles. The van der Waals surface area contributed by atoms with Crippen LogP contribution in [0.4, 0.5) is 0 Å². The maximum atomic E-state index is 12.2. The summed E-state index contributed by atoms with van der Waals surface area (Å²) in [7, 11) is 0. The Morgan fingerprint density at radius 2 is 2.27 bits per heavy atom. The van der Waals surface area contributed by atoms with E-state index in [9.17, 15) is 4.79 Å². The smallest absolute Gasteiger partial charge is 0.234 e. The molecular weight excluding hydrogens is 294 g/mol. The number of hydrogen-bond acceptors (Lipinski definition) is 4. The van der Waals surface area contributed by atoms with E-state index in [2.05, 4.69) is 21.3 Å². The van der Waals surface area contributed by atoms with Crippen LogP contribution in [0.15, 0.2) is 41.9 Å². The Labute approximate surface area is 135 Å². The van der Waals surface area contributed by atoms with Gasteiger partial charge in [0, 0.05) is 11.1 Å². The molecule has 1 atom stereocenters. The van der Waals surface area contributed by atoms with Crippen LogP contribution in [0.5, 0.6) is 0 Å². The molecule has 2 aromatic rings. The molecule has 0 radical (unpaired) electrons. The topological polar surface area (TPSA) is 45.2 Å². The molecule has 0 unspecified atom stereocenters. The quantitative estimate of drug-likeness (QED) is 0.922. The molecule has 22 heavy (non-hydrogen) atoms. The van der Waals surface area contributed by atoms with Crippen molar-refractivity contribution >= 4 is 17.2 Å². The van der Waals surface area contributed by atoms with Gasteiger partial charge in [0.25, 0.3) is 0 Å². The number of thiophene rings is 1. The largest absolute Gasteiger partial charge is 0.350 e. The molecule has 1 N–H and O–H groups in total. The lowest BCUT2D eigenvalue weighted by atomic mass is 9.99. The van der Waals surface area contributed by atoms with Gasteiger partial charge in [0.05, 0.1) is 24.8 Å². The molecule has 3 rings (SSSR count). The molecule has 1 fully saturated rings. The second-order valence-corrected chi connectivity index (χ2v) is 6.62. The number of likely N-dealkylation sites (tertiary alicyclic amines) is 1. The maximum Gasteiger partial charge on any atom is 0.234 e. The van der Waals surface area contributed by atoms with E-state index in [1.165, 1.54) is 11.3 Å². The van der Waals surface area contributed by atoms with E-state index in [0.29, 0.717) is 13.1 Å². The minimum atomic E-state index is 0.0937. The first-order chi connectivity index (χ1) is 10.8. The average molecular weight is 315 g/mol. The van der Waals surface area contributed by atoms with E-state index in [1.54, 1.807) is 11.3 Å². The molecule has 2 aromatic heterocycles. The van der Waals surface area contributed by atoms with Crippen LogP contribution in [0.25, 0.3) is 0 Å². The number of aromatic nitrogens is 1. The van der Waals surface area contributed by atoms with Crippen LogP contribution in [0, 0.1) is 0 Å². The third-order valence-corrected chi connectivity index (χ3v) is 4.91. The number of hydrogen-bond donors (Lipinski definition) is 1. The molecule has 0 aromatic carbocycles. The number of piperidine rings is 1. The van der Waals surface area contributed by atoms with E-state index in [-0.39, 0.29) is 11.9 Å². The van der Waals surface area contributed by atoms with Gasteiger partial charge in [-0.1, -0.05) is 18.6 Å². The van der Waals surface area contributed by atoms with Gasteiger partial charge in [-0.05, 0) is 43.0 Å². The minimum absolute atomic E-state index is 0.0937. The van der Waals surface area contributed by atoms with Gasteiger partial charge in [0.15, 0.2) is 0 Å². The van der Waals surface area contributed by atoms with Gasteiger partial charge in [-0.2, -0.15) is 0 Å². The van der Waals surface area contributed by atoms with Crippen LogP contribution in [0.2, 0.25) is 0 Å². The maximum absolute atomic E-state index is 12.2. The number of nitrogens with one attached hydrogen (secondary N) is 1. The Hall–Kier alpha value is -1.72. The summed E-state index contributed by atoms with van der Waals surface area (Å²) >= 11 is 1.67. The summed E-state index contributed by atoms with van der Waals surface area (Å²) in [5.74, 6) is 0.0937. The van der Waals surface area contributed by atoms with Crippen molar-refractivity contribution in [3.8, 4) is 0 Å². The fourth-order valence-electron chi connectivity index (χ4n) is 2.93. The Bertz CT molecular complexity index is 585. The van der Waals surface area contributed by atoms with E-state index in [0.717, 1.165) is 25.1 Å². The van der Waals surface area contributed by atoms with Crippen molar-refractivity contribution in [2.24, 2.45) is 0 Å². The SMILES string of the molecule is O=C(CN1CCCC[C@@H]1c1ccccn1)NCc1cccs1. The number of carbonyl (C=O) groups is 1. The van der Waals surface area contributed by atoms with Gasteiger partial charge >= 0.3 is 0 Å². The minimum Gasteiger partial charge on any atom is -0.350 e. The molecule has 4 nitrogen and oxygen atoms in total. The number of amides is 1. The van der Waals surface area contributed by atoms with E-state index in [4.69, 9.17) is 0 Å². The predicted octanol–water partition coefficient (Wildman–Crippen LogP) is 2.99. The summed E-state index contributed by atoms with van der Waals surface area (Å²) in [4.78, 5) is 20.1. The molecule has 0 aliphatic carbocycles. The second kappa shape index (κ2) is 7.51. The summed E-state index contributed by atoms with van der Waals surface area (Å²) < 4.78 is 0. The Kier molecular flexibility index (Phi) is 5.19. The highest BCUT2D eigenvalue weighted by Crippen LogP contribution is 2.29. The van der Waals surface area contributed by atoms with Crippen molar-refractivity contribution in [2.45, 2.75) is 31.8 Å². The first-order valence-electron chi connectivity index (χ1n) is 7.77. The zero-order chi connectivity index (χ0) is 15.2. The van der Waals surface area contributed by atoms with Crippen LogP contribution in [0.3, 0.4) is 0 Å². The standard InChI is InChI=1S/C17H21N3OS/c21-17(19-12-14-6-5-11-22-14)13-20-10-4-2-8-16(20)15-7-1-3-9-18-15/h1,3,5-7,9,11,16H,2,4,8,10,12-13H2,(H,19,21)/t16-/m1/s1. The van der Waals surface area contributed by atoms with Crippen molar-refractivity contribution in [1.29, 1.82) is 0 Å². The molecule has 1 amide bonds. The second-order valence-electron chi connectivity index (χ2n) is 5.59. The molecule has 5 heteroatoms. The van der Waals surface area contributed by atoms with E-state index >= 15 is 0 Å². The first kappa shape index (κ1) is 15.2. The molecule has 1 aliphatic rings. The lowest BCUT2D eigenvalue weighted by Gasteiger charge is -2.34. The highest BCUT2D eigenvalue weighted by Gasteiger charge is 2.26. The van der Waals surface area contributed by atoms with Crippen LogP contribution in [0.1, 0.15) is 35.9 Å². The van der Waals surface area contributed by atoms with Gasteiger partial charge in [0.1, 0.15) is 0 Å². The van der Waals surface area contributed by atoms with E-state index in [1.807, 2.05) is 35.8 Å². The first-order valence-corrected chi connectivity index (χ1v) is 8.65.